The van der Waals surface area contributed by atoms with Crippen LogP contribution >= 0.6 is 0 Å². The lowest BCUT2D eigenvalue weighted by Crippen LogP contribution is -2.26. The molecule has 0 aliphatic carbocycles. The molecule has 1 N–H and O–H groups in total. The molecule has 3 aromatic carbocycles. The maximum absolute atomic E-state index is 14.4. The van der Waals surface area contributed by atoms with E-state index in [9.17, 15) is 23.5 Å². The third-order valence-electron chi connectivity index (χ3n) is 6.49. The van der Waals surface area contributed by atoms with Crippen molar-refractivity contribution in [1.82, 2.24) is 9.13 Å². The molecule has 0 bridgehead atoms. The summed E-state index contributed by atoms with van der Waals surface area (Å²) in [5.74, 6) is -0.722. The van der Waals surface area contributed by atoms with E-state index in [1.165, 1.54) is 9.13 Å². The first kappa shape index (κ1) is 26.1. The number of carbonyl (C=O) groups is 1. The van der Waals surface area contributed by atoms with E-state index in [1.54, 1.807) is 36.4 Å². The van der Waals surface area contributed by atoms with Crippen LogP contribution in [-0.4, -0.2) is 20.2 Å². The van der Waals surface area contributed by atoms with Crippen LogP contribution in [0.5, 0.6) is 0 Å². The number of carboxylic acid groups (broad SMARTS) is 1. The van der Waals surface area contributed by atoms with E-state index in [0.29, 0.717) is 30.0 Å². The Labute approximate surface area is 214 Å². The van der Waals surface area contributed by atoms with Crippen molar-refractivity contribution in [1.29, 1.82) is 0 Å². The molecular weight excluding hydrogens is 474 g/mol. The minimum absolute atomic E-state index is 0.0753. The van der Waals surface area contributed by atoms with Gasteiger partial charge in [0.25, 0.3) is 6.43 Å². The maximum atomic E-state index is 14.4. The third kappa shape index (κ3) is 5.88. The van der Waals surface area contributed by atoms with Gasteiger partial charge in [0.15, 0.2) is 0 Å². The molecule has 0 unspecified atom stereocenters. The molecule has 0 aliphatic rings. The summed E-state index contributed by atoms with van der Waals surface area (Å²) in [6.07, 6.45) is -1.73. The van der Waals surface area contributed by atoms with E-state index >= 15 is 0 Å². The number of benzene rings is 3. The first-order valence-corrected chi connectivity index (χ1v) is 12.3. The van der Waals surface area contributed by atoms with Crippen molar-refractivity contribution in [3.05, 3.63) is 117 Å². The molecule has 192 valence electrons. The molecule has 0 amide bonds. The Balaban J connectivity index is 1.73. The van der Waals surface area contributed by atoms with Crippen LogP contribution in [0.15, 0.2) is 83.7 Å². The highest BCUT2D eigenvalue weighted by molar-refractivity contribution is 5.95. The molecule has 0 spiro atoms. The van der Waals surface area contributed by atoms with Crippen LogP contribution < -0.4 is 5.69 Å². The van der Waals surface area contributed by atoms with Crippen molar-refractivity contribution in [2.45, 2.75) is 46.2 Å². The van der Waals surface area contributed by atoms with Crippen LogP contribution in [0.4, 0.5) is 8.78 Å². The van der Waals surface area contributed by atoms with E-state index in [4.69, 9.17) is 0 Å². The number of carboxylic acids is 1. The minimum atomic E-state index is -2.78. The van der Waals surface area contributed by atoms with Crippen LogP contribution in [0.1, 0.15) is 59.6 Å². The number of hydrogen-bond donors (Lipinski definition) is 1. The van der Waals surface area contributed by atoms with Crippen molar-refractivity contribution in [3.8, 4) is 11.1 Å². The maximum Gasteiger partial charge on any atom is 0.336 e. The van der Waals surface area contributed by atoms with E-state index in [1.807, 2.05) is 56.3 Å². The Morgan fingerprint density at radius 1 is 0.838 bits per heavy atom. The highest BCUT2D eigenvalue weighted by Gasteiger charge is 2.26. The lowest BCUT2D eigenvalue weighted by molar-refractivity contribution is 0.0697. The highest BCUT2D eigenvalue weighted by Crippen LogP contribution is 2.27. The molecule has 5 nitrogen and oxygen atoms in total. The zero-order valence-corrected chi connectivity index (χ0v) is 20.9. The number of aromatic nitrogens is 2. The fourth-order valence-corrected chi connectivity index (χ4v) is 4.57. The van der Waals surface area contributed by atoms with Crippen LogP contribution in [0, 0.1) is 5.92 Å². The number of nitrogens with zero attached hydrogens (tertiary/aromatic N) is 2. The summed E-state index contributed by atoms with van der Waals surface area (Å²) < 4.78 is 31.4. The van der Waals surface area contributed by atoms with Gasteiger partial charge in [-0.05, 0) is 47.1 Å². The SMILES string of the molecule is CC(C)CCc1c(C(F)F)n(Cc2ccccc2)c(=O)n1Cc1ccc(-c2ccccc2C(=O)O)cc1. The second-order valence-electron chi connectivity index (χ2n) is 9.55. The molecule has 0 fully saturated rings. The summed E-state index contributed by atoms with van der Waals surface area (Å²) in [7, 11) is 0. The fraction of sp³-hybridized carbons (Fsp3) is 0.267. The molecule has 0 atom stereocenters. The van der Waals surface area contributed by atoms with Gasteiger partial charge in [-0.25, -0.2) is 18.4 Å². The average Bonchev–Trinajstić information content (AvgIpc) is 3.14. The Kier molecular flexibility index (Phi) is 8.01. The van der Waals surface area contributed by atoms with Gasteiger partial charge in [0, 0.05) is 5.69 Å². The van der Waals surface area contributed by atoms with E-state index in [0.717, 1.165) is 16.7 Å². The predicted octanol–water partition coefficient (Wildman–Crippen LogP) is 6.64. The number of aromatic carboxylic acids is 1. The van der Waals surface area contributed by atoms with Crippen LogP contribution in [0.2, 0.25) is 0 Å². The van der Waals surface area contributed by atoms with Crippen molar-refractivity contribution in [3.63, 3.8) is 0 Å². The fourth-order valence-electron chi connectivity index (χ4n) is 4.57. The van der Waals surface area contributed by atoms with Crippen molar-refractivity contribution >= 4 is 5.97 Å². The van der Waals surface area contributed by atoms with E-state index in [-0.39, 0.29) is 24.3 Å². The lowest BCUT2D eigenvalue weighted by atomic mass is 9.98. The van der Waals surface area contributed by atoms with E-state index < -0.39 is 18.1 Å². The molecule has 7 heteroatoms. The van der Waals surface area contributed by atoms with Gasteiger partial charge in [0.05, 0.1) is 18.7 Å². The van der Waals surface area contributed by atoms with Crippen molar-refractivity contribution < 1.29 is 18.7 Å². The molecule has 4 aromatic rings. The molecule has 4 rings (SSSR count). The normalized spacial score (nSPS) is 11.4. The van der Waals surface area contributed by atoms with Crippen LogP contribution in [0.25, 0.3) is 11.1 Å². The molecule has 0 saturated carbocycles. The largest absolute Gasteiger partial charge is 0.478 e. The Hall–Kier alpha value is -4.00. The third-order valence-corrected chi connectivity index (χ3v) is 6.49. The quantitative estimate of drug-likeness (QED) is 0.263. The number of imidazole rings is 1. The summed E-state index contributed by atoms with van der Waals surface area (Å²) in [4.78, 5) is 25.1. The molecule has 1 aromatic heterocycles. The Morgan fingerprint density at radius 2 is 1.43 bits per heavy atom. The second kappa shape index (κ2) is 11.4. The smallest absolute Gasteiger partial charge is 0.336 e. The van der Waals surface area contributed by atoms with Crippen molar-refractivity contribution in [2.75, 3.05) is 0 Å². The van der Waals surface area contributed by atoms with Gasteiger partial charge in [0.1, 0.15) is 5.69 Å². The monoisotopic (exact) mass is 504 g/mol. The van der Waals surface area contributed by atoms with Gasteiger partial charge in [-0.2, -0.15) is 0 Å². The Bertz CT molecular complexity index is 1420. The predicted molar refractivity (Wildman–Crippen MR) is 140 cm³/mol. The van der Waals surface area contributed by atoms with Gasteiger partial charge in [-0.15, -0.1) is 0 Å². The summed E-state index contributed by atoms with van der Waals surface area (Å²) >= 11 is 0. The first-order valence-electron chi connectivity index (χ1n) is 12.3. The topological polar surface area (TPSA) is 64.2 Å². The minimum Gasteiger partial charge on any atom is -0.478 e. The summed E-state index contributed by atoms with van der Waals surface area (Å²) in [6, 6.07) is 23.1. The molecule has 37 heavy (non-hydrogen) atoms. The standard InChI is InChI=1S/C30H30F2N2O3/c1-20(2)12-17-26-27(28(31)32)34(19-21-8-4-3-5-9-21)30(37)33(26)18-22-13-15-23(16-14-22)24-10-6-7-11-25(24)29(35)36/h3-11,13-16,20,28H,12,17-19H2,1-2H3,(H,35,36). The van der Waals surface area contributed by atoms with Crippen LogP contribution in [0.3, 0.4) is 0 Å². The summed E-state index contributed by atoms with van der Waals surface area (Å²) in [6.45, 7) is 4.28. The molecular formula is C30H30F2N2O3. The number of rotatable bonds is 10. The zero-order valence-electron chi connectivity index (χ0n) is 20.9. The second-order valence-corrected chi connectivity index (χ2v) is 9.55. The number of hydrogen-bond acceptors (Lipinski definition) is 2. The number of halogens is 2. The van der Waals surface area contributed by atoms with Crippen molar-refractivity contribution in [2.24, 2.45) is 5.92 Å². The highest BCUT2D eigenvalue weighted by atomic mass is 19.3. The summed E-state index contributed by atoms with van der Waals surface area (Å²) in [5, 5.41) is 9.50. The van der Waals surface area contributed by atoms with Gasteiger partial charge in [-0.3, -0.25) is 9.13 Å². The molecule has 0 aliphatic heterocycles. The Morgan fingerprint density at radius 3 is 2.05 bits per heavy atom. The zero-order chi connectivity index (χ0) is 26.5. The van der Waals surface area contributed by atoms with Gasteiger partial charge in [0.2, 0.25) is 0 Å². The average molecular weight is 505 g/mol. The number of alkyl halides is 2. The van der Waals surface area contributed by atoms with Gasteiger partial charge < -0.3 is 5.11 Å². The summed E-state index contributed by atoms with van der Waals surface area (Å²) in [5.41, 5.74) is 2.74. The van der Waals surface area contributed by atoms with Gasteiger partial charge >= 0.3 is 11.7 Å². The molecule has 0 saturated heterocycles. The van der Waals surface area contributed by atoms with E-state index in [2.05, 4.69) is 0 Å². The molecule has 0 radical (unpaired) electrons. The first-order chi connectivity index (χ1) is 17.8. The lowest BCUT2D eigenvalue weighted by Gasteiger charge is -2.12. The molecule has 1 heterocycles. The van der Waals surface area contributed by atoms with Gasteiger partial charge in [-0.1, -0.05) is 86.6 Å². The van der Waals surface area contributed by atoms with Crippen LogP contribution in [-0.2, 0) is 19.5 Å².